The monoisotopic (exact) mass is 392 g/mol. The Kier molecular flexibility index (Phi) is 4.36. The van der Waals surface area contributed by atoms with Gasteiger partial charge in [0.25, 0.3) is 0 Å². The zero-order chi connectivity index (χ0) is 14.2. The first kappa shape index (κ1) is 14.6. The van der Waals surface area contributed by atoms with Gasteiger partial charge in [-0.2, -0.15) is 0 Å². The van der Waals surface area contributed by atoms with Gasteiger partial charge in [0.2, 0.25) is 0 Å². The SMILES string of the molecule is Cc1cc(C(Br)c2ccc(F)c(Br)c2)c(F)cc1F. The van der Waals surface area contributed by atoms with E-state index in [0.29, 0.717) is 21.2 Å². The minimum absolute atomic E-state index is 0.300. The first-order valence-corrected chi connectivity index (χ1v) is 7.15. The molecule has 2 aromatic carbocycles. The van der Waals surface area contributed by atoms with Gasteiger partial charge in [-0.3, -0.25) is 0 Å². The molecule has 100 valence electrons. The van der Waals surface area contributed by atoms with E-state index < -0.39 is 16.5 Å². The van der Waals surface area contributed by atoms with E-state index in [1.165, 1.54) is 12.1 Å². The van der Waals surface area contributed by atoms with Gasteiger partial charge in [0, 0.05) is 11.6 Å². The lowest BCUT2D eigenvalue weighted by atomic mass is 10.0. The van der Waals surface area contributed by atoms with Crippen molar-refractivity contribution in [1.29, 1.82) is 0 Å². The van der Waals surface area contributed by atoms with E-state index in [9.17, 15) is 13.2 Å². The van der Waals surface area contributed by atoms with Crippen LogP contribution in [0.1, 0.15) is 21.5 Å². The van der Waals surface area contributed by atoms with Gasteiger partial charge in [0.05, 0.1) is 9.30 Å². The molecular weight excluding hydrogens is 385 g/mol. The summed E-state index contributed by atoms with van der Waals surface area (Å²) in [7, 11) is 0. The molecule has 2 rings (SSSR count). The third kappa shape index (κ3) is 3.03. The molecule has 0 saturated heterocycles. The van der Waals surface area contributed by atoms with Crippen molar-refractivity contribution >= 4 is 31.9 Å². The molecule has 0 aliphatic heterocycles. The average Bonchev–Trinajstić information content (AvgIpc) is 2.36. The van der Waals surface area contributed by atoms with Crippen molar-refractivity contribution in [3.8, 4) is 0 Å². The number of aryl methyl sites for hydroxylation is 1. The molecule has 0 aromatic heterocycles. The molecule has 0 spiro atoms. The van der Waals surface area contributed by atoms with Crippen molar-refractivity contribution in [2.75, 3.05) is 0 Å². The lowest BCUT2D eigenvalue weighted by Crippen LogP contribution is -2.00. The van der Waals surface area contributed by atoms with Crippen LogP contribution in [0.5, 0.6) is 0 Å². The van der Waals surface area contributed by atoms with E-state index in [2.05, 4.69) is 31.9 Å². The fourth-order valence-corrected chi connectivity index (χ4v) is 2.76. The van der Waals surface area contributed by atoms with Crippen molar-refractivity contribution in [1.82, 2.24) is 0 Å². The minimum atomic E-state index is -0.634. The second-order valence-corrected chi connectivity index (χ2v) is 5.93. The molecule has 0 amide bonds. The number of halogens is 5. The predicted octanol–water partition coefficient (Wildman–Crippen LogP) is 5.66. The van der Waals surface area contributed by atoms with E-state index in [4.69, 9.17) is 0 Å². The van der Waals surface area contributed by atoms with E-state index in [1.54, 1.807) is 19.1 Å². The summed E-state index contributed by atoms with van der Waals surface area (Å²) < 4.78 is 40.5. The van der Waals surface area contributed by atoms with Crippen molar-refractivity contribution in [2.45, 2.75) is 11.8 Å². The lowest BCUT2D eigenvalue weighted by molar-refractivity contribution is 0.569. The van der Waals surface area contributed by atoms with Gasteiger partial charge in [-0.25, -0.2) is 13.2 Å². The third-order valence-corrected chi connectivity index (χ3v) is 4.42. The molecule has 0 N–H and O–H groups in total. The zero-order valence-corrected chi connectivity index (χ0v) is 13.0. The van der Waals surface area contributed by atoms with E-state index in [1.807, 2.05) is 0 Å². The molecule has 1 atom stereocenters. The highest BCUT2D eigenvalue weighted by molar-refractivity contribution is 9.10. The van der Waals surface area contributed by atoms with Crippen LogP contribution >= 0.6 is 31.9 Å². The molecule has 5 heteroatoms. The Labute approximate surface area is 125 Å². The molecular formula is C14H9Br2F3. The summed E-state index contributed by atoms with van der Waals surface area (Å²) in [5.41, 5.74) is 1.36. The first-order valence-electron chi connectivity index (χ1n) is 5.44. The van der Waals surface area contributed by atoms with Gasteiger partial charge < -0.3 is 0 Å². The number of benzene rings is 2. The fraction of sp³-hybridized carbons (Fsp3) is 0.143. The summed E-state index contributed by atoms with van der Waals surface area (Å²) in [6.45, 7) is 1.57. The van der Waals surface area contributed by atoms with Crippen LogP contribution in [0.15, 0.2) is 34.8 Å². The molecule has 1 unspecified atom stereocenters. The molecule has 0 radical (unpaired) electrons. The van der Waals surface area contributed by atoms with E-state index in [0.717, 1.165) is 6.07 Å². The van der Waals surface area contributed by atoms with Crippen LogP contribution in [-0.2, 0) is 0 Å². The smallest absolute Gasteiger partial charge is 0.137 e. The molecule has 0 saturated carbocycles. The highest BCUT2D eigenvalue weighted by atomic mass is 79.9. The maximum absolute atomic E-state index is 13.8. The Morgan fingerprint density at radius 3 is 2.26 bits per heavy atom. The summed E-state index contributed by atoms with van der Waals surface area (Å²) in [6, 6.07) is 6.71. The topological polar surface area (TPSA) is 0 Å². The van der Waals surface area contributed by atoms with E-state index in [-0.39, 0.29) is 5.82 Å². The Bertz CT molecular complexity index is 626. The van der Waals surface area contributed by atoms with Gasteiger partial charge in [0.1, 0.15) is 17.5 Å². The molecule has 0 aliphatic carbocycles. The van der Waals surface area contributed by atoms with Gasteiger partial charge in [-0.1, -0.05) is 22.0 Å². The number of alkyl halides is 1. The molecule has 0 bridgehead atoms. The molecule has 2 aromatic rings. The quantitative estimate of drug-likeness (QED) is 0.577. The molecule has 0 aliphatic rings. The summed E-state index contributed by atoms with van der Waals surface area (Å²) in [5, 5.41) is 0. The van der Waals surface area contributed by atoms with Crippen LogP contribution in [0.2, 0.25) is 0 Å². The van der Waals surface area contributed by atoms with Crippen LogP contribution in [-0.4, -0.2) is 0 Å². The third-order valence-electron chi connectivity index (χ3n) is 2.79. The molecule has 19 heavy (non-hydrogen) atoms. The fourth-order valence-electron chi connectivity index (χ4n) is 1.72. The average molecular weight is 394 g/mol. The maximum atomic E-state index is 13.8. The van der Waals surface area contributed by atoms with Crippen molar-refractivity contribution in [3.63, 3.8) is 0 Å². The maximum Gasteiger partial charge on any atom is 0.137 e. The van der Waals surface area contributed by atoms with Gasteiger partial charge in [-0.05, 0) is 52.2 Å². The largest absolute Gasteiger partial charge is 0.207 e. The summed E-state index contributed by atoms with van der Waals surface area (Å²) in [5.74, 6) is -1.61. The molecule has 0 nitrogen and oxygen atoms in total. The zero-order valence-electron chi connectivity index (χ0n) is 9.85. The van der Waals surface area contributed by atoms with Gasteiger partial charge in [-0.15, -0.1) is 0 Å². The highest BCUT2D eigenvalue weighted by Gasteiger charge is 2.17. The van der Waals surface area contributed by atoms with Gasteiger partial charge >= 0.3 is 0 Å². The Morgan fingerprint density at radius 2 is 1.63 bits per heavy atom. The standard InChI is InChI=1S/C14H9Br2F3/c1-7-4-9(13(19)6-12(7)18)14(16)8-2-3-11(17)10(15)5-8/h2-6,14H,1H3. The highest BCUT2D eigenvalue weighted by Crippen LogP contribution is 2.35. The van der Waals surface area contributed by atoms with Crippen molar-refractivity contribution in [2.24, 2.45) is 0 Å². The predicted molar refractivity (Wildman–Crippen MR) is 76.0 cm³/mol. The Balaban J connectivity index is 2.46. The van der Waals surface area contributed by atoms with Gasteiger partial charge in [0.15, 0.2) is 0 Å². The minimum Gasteiger partial charge on any atom is -0.207 e. The number of rotatable bonds is 2. The Hall–Kier alpha value is -0.810. The second-order valence-electron chi connectivity index (χ2n) is 4.16. The van der Waals surface area contributed by atoms with Crippen molar-refractivity contribution in [3.05, 3.63) is 68.9 Å². The summed E-state index contributed by atoms with van der Waals surface area (Å²) in [4.78, 5) is -0.469. The summed E-state index contributed by atoms with van der Waals surface area (Å²) in [6.07, 6.45) is 0. The number of hydrogen-bond donors (Lipinski definition) is 0. The van der Waals surface area contributed by atoms with Crippen molar-refractivity contribution < 1.29 is 13.2 Å². The second kappa shape index (κ2) is 5.67. The number of hydrogen-bond acceptors (Lipinski definition) is 0. The van der Waals surface area contributed by atoms with E-state index >= 15 is 0 Å². The summed E-state index contributed by atoms with van der Waals surface area (Å²) >= 11 is 6.44. The molecule has 0 heterocycles. The first-order chi connectivity index (χ1) is 8.90. The molecule has 0 fully saturated rings. The van der Waals surface area contributed by atoms with Crippen LogP contribution in [0.3, 0.4) is 0 Å². The normalized spacial score (nSPS) is 12.5. The van der Waals surface area contributed by atoms with Crippen LogP contribution in [0, 0.1) is 24.4 Å². The Morgan fingerprint density at radius 1 is 0.947 bits per heavy atom. The lowest BCUT2D eigenvalue weighted by Gasteiger charge is -2.13. The van der Waals surface area contributed by atoms with Crippen LogP contribution < -0.4 is 0 Å². The van der Waals surface area contributed by atoms with Crippen LogP contribution in [0.4, 0.5) is 13.2 Å². The van der Waals surface area contributed by atoms with Crippen LogP contribution in [0.25, 0.3) is 0 Å².